The number of halogens is 1. The molecule has 0 spiro atoms. The fourth-order valence-electron chi connectivity index (χ4n) is 2.91. The molecule has 0 amide bonds. The zero-order chi connectivity index (χ0) is 21.1. The summed E-state index contributed by atoms with van der Waals surface area (Å²) in [7, 11) is 0. The minimum absolute atomic E-state index is 0.350. The van der Waals surface area contributed by atoms with Gasteiger partial charge in [0, 0.05) is 16.4 Å². The number of nitrogens with one attached hydrogen (secondary N) is 1. The maximum atomic E-state index is 8.22. The molecule has 2 aromatic heterocycles. The lowest BCUT2D eigenvalue weighted by molar-refractivity contribution is 0.736. The predicted molar refractivity (Wildman–Crippen MR) is 126 cm³/mol. The molecule has 9 heteroatoms. The highest BCUT2D eigenvalue weighted by Gasteiger charge is 2.09. The van der Waals surface area contributed by atoms with Crippen LogP contribution in [-0.4, -0.2) is 20.1 Å². The number of para-hydroxylation sites is 1. The van der Waals surface area contributed by atoms with Crippen LogP contribution in [0.3, 0.4) is 0 Å². The van der Waals surface area contributed by atoms with E-state index < -0.39 is 0 Å². The molecule has 0 saturated heterocycles. The monoisotopic (exact) mass is 498 g/mol. The zero-order valence-corrected chi connectivity index (χ0v) is 19.6. The second-order valence-electron chi connectivity index (χ2n) is 6.40. The normalized spacial score (nSPS) is 12.5. The van der Waals surface area contributed by atoms with E-state index in [1.54, 1.807) is 16.0 Å². The molecule has 1 N–H and O–H groups in total. The Labute approximate surface area is 190 Å². The Bertz CT molecular complexity index is 1310. The van der Waals surface area contributed by atoms with E-state index in [1.807, 2.05) is 49.4 Å². The number of thiazole rings is 1. The van der Waals surface area contributed by atoms with Crippen molar-refractivity contribution in [2.45, 2.75) is 20.4 Å². The van der Waals surface area contributed by atoms with Gasteiger partial charge in [-0.15, -0.1) is 21.5 Å². The summed E-state index contributed by atoms with van der Waals surface area (Å²) in [5.74, 6) is 0. The Morgan fingerprint density at radius 3 is 2.57 bits per heavy atom. The van der Waals surface area contributed by atoms with Gasteiger partial charge in [-0.25, -0.2) is 4.68 Å². The summed E-state index contributed by atoms with van der Waals surface area (Å²) in [4.78, 5) is 1.18. The van der Waals surface area contributed by atoms with Crippen LogP contribution in [0.5, 0.6) is 0 Å². The Hall–Kier alpha value is -2.62. The van der Waals surface area contributed by atoms with Gasteiger partial charge >= 0.3 is 0 Å². The molecule has 0 aliphatic heterocycles. The molecule has 0 aliphatic rings. The summed E-state index contributed by atoms with van der Waals surface area (Å²) in [6, 6.07) is 17.9. The lowest BCUT2D eigenvalue weighted by Crippen LogP contribution is -2.14. The molecular weight excluding hydrogens is 480 g/mol. The van der Waals surface area contributed by atoms with Gasteiger partial charge in [0.15, 0.2) is 5.01 Å². The van der Waals surface area contributed by atoms with Gasteiger partial charge in [0.25, 0.3) is 0 Å². The number of nitrogens with zero attached hydrogens (tertiary/aromatic N) is 5. The molecule has 4 rings (SSSR count). The van der Waals surface area contributed by atoms with Crippen LogP contribution in [0, 0.1) is 5.41 Å². The number of rotatable bonds is 5. The highest BCUT2D eigenvalue weighted by molar-refractivity contribution is 9.10. The zero-order valence-electron chi connectivity index (χ0n) is 16.4. The lowest BCUT2D eigenvalue weighted by atomic mass is 10.2. The van der Waals surface area contributed by atoms with Gasteiger partial charge in [-0.3, -0.25) is 5.41 Å². The van der Waals surface area contributed by atoms with Crippen LogP contribution in [0.2, 0.25) is 0 Å². The summed E-state index contributed by atoms with van der Waals surface area (Å²) in [5, 5.41) is 24.5. The molecule has 2 aromatic carbocycles. The van der Waals surface area contributed by atoms with Crippen LogP contribution in [-0.2, 0) is 6.54 Å². The number of hydrogen-bond donors (Lipinski definition) is 1. The van der Waals surface area contributed by atoms with Gasteiger partial charge in [-0.2, -0.15) is 5.10 Å². The Morgan fingerprint density at radius 1 is 1.13 bits per heavy atom. The predicted octanol–water partition coefficient (Wildman–Crippen LogP) is 5.05. The first kappa shape index (κ1) is 20.6. The standard InChI is InChI=1S/C21H19BrN6S2/c1-3-27-18(15-9-11-16(22)12-10-15)13-29-21(27)25-24-14(2)19-26-28(20(23)30-19)17-7-5-4-6-8-17/h4-13,23H,3H2,1-2H3. The van der Waals surface area contributed by atoms with Crippen LogP contribution in [0.4, 0.5) is 0 Å². The first-order chi connectivity index (χ1) is 14.6. The molecule has 0 aliphatic carbocycles. The summed E-state index contributed by atoms with van der Waals surface area (Å²) in [5.41, 5.74) is 3.80. The summed E-state index contributed by atoms with van der Waals surface area (Å²) >= 11 is 6.33. The van der Waals surface area contributed by atoms with E-state index in [0.717, 1.165) is 32.8 Å². The molecule has 30 heavy (non-hydrogen) atoms. The van der Waals surface area contributed by atoms with Crippen molar-refractivity contribution in [3.63, 3.8) is 0 Å². The Morgan fingerprint density at radius 2 is 1.87 bits per heavy atom. The molecule has 0 radical (unpaired) electrons. The smallest absolute Gasteiger partial charge is 0.211 e. The van der Waals surface area contributed by atoms with E-state index >= 15 is 0 Å². The van der Waals surface area contributed by atoms with Gasteiger partial charge in [-0.1, -0.05) is 57.6 Å². The minimum atomic E-state index is 0.350. The van der Waals surface area contributed by atoms with Crippen molar-refractivity contribution >= 4 is 44.3 Å². The largest absolute Gasteiger partial charge is 0.315 e. The van der Waals surface area contributed by atoms with E-state index in [9.17, 15) is 0 Å². The summed E-state index contributed by atoms with van der Waals surface area (Å²) < 4.78 is 4.81. The van der Waals surface area contributed by atoms with Crippen LogP contribution >= 0.6 is 38.6 Å². The molecule has 0 atom stereocenters. The van der Waals surface area contributed by atoms with Crippen molar-refractivity contribution in [3.05, 3.63) is 79.1 Å². The van der Waals surface area contributed by atoms with Crippen molar-refractivity contribution in [2.24, 2.45) is 10.2 Å². The average molecular weight is 499 g/mol. The Kier molecular flexibility index (Phi) is 6.21. The molecule has 2 heterocycles. The molecule has 4 aromatic rings. The third-order valence-corrected chi connectivity index (χ3v) is 6.75. The first-order valence-electron chi connectivity index (χ1n) is 9.30. The van der Waals surface area contributed by atoms with Crippen molar-refractivity contribution in [2.75, 3.05) is 0 Å². The van der Waals surface area contributed by atoms with Crippen molar-refractivity contribution in [1.29, 1.82) is 5.41 Å². The van der Waals surface area contributed by atoms with E-state index in [-0.39, 0.29) is 0 Å². The number of aromatic nitrogens is 3. The lowest BCUT2D eigenvalue weighted by Gasteiger charge is -2.05. The van der Waals surface area contributed by atoms with Gasteiger partial charge in [0.2, 0.25) is 9.60 Å². The molecular formula is C21H19BrN6S2. The fourth-order valence-corrected chi connectivity index (χ4v) is 4.82. The van der Waals surface area contributed by atoms with Crippen molar-refractivity contribution in [3.8, 4) is 16.9 Å². The highest BCUT2D eigenvalue weighted by atomic mass is 79.9. The fraction of sp³-hybridized carbons (Fsp3) is 0.143. The third-order valence-electron chi connectivity index (χ3n) is 4.43. The second-order valence-corrected chi connectivity index (χ2v) is 9.13. The van der Waals surface area contributed by atoms with Gasteiger partial charge in [0.1, 0.15) is 0 Å². The van der Waals surface area contributed by atoms with Crippen LogP contribution < -0.4 is 9.60 Å². The number of hydrogen-bond acceptors (Lipinski definition) is 6. The van der Waals surface area contributed by atoms with Gasteiger partial charge < -0.3 is 4.57 Å². The van der Waals surface area contributed by atoms with Crippen LogP contribution in [0.25, 0.3) is 16.9 Å². The maximum absolute atomic E-state index is 8.22. The van der Waals surface area contributed by atoms with E-state index in [4.69, 9.17) is 5.41 Å². The van der Waals surface area contributed by atoms with Crippen LogP contribution in [0.15, 0.2) is 74.7 Å². The molecule has 0 saturated carbocycles. The van der Waals surface area contributed by atoms with Gasteiger partial charge in [0.05, 0.1) is 17.1 Å². The molecule has 152 valence electrons. The first-order valence-corrected chi connectivity index (χ1v) is 11.8. The summed E-state index contributed by atoms with van der Waals surface area (Å²) in [6.45, 7) is 4.77. The molecule has 0 fully saturated rings. The van der Waals surface area contributed by atoms with E-state index in [0.29, 0.717) is 15.5 Å². The molecule has 0 bridgehead atoms. The topological polar surface area (TPSA) is 71.3 Å². The summed E-state index contributed by atoms with van der Waals surface area (Å²) in [6.07, 6.45) is 0. The highest BCUT2D eigenvalue weighted by Crippen LogP contribution is 2.22. The van der Waals surface area contributed by atoms with Crippen LogP contribution in [0.1, 0.15) is 18.9 Å². The van der Waals surface area contributed by atoms with E-state index in [1.165, 1.54) is 11.3 Å². The number of benzene rings is 2. The average Bonchev–Trinajstić information content (AvgIpc) is 3.36. The van der Waals surface area contributed by atoms with Crippen molar-refractivity contribution < 1.29 is 0 Å². The molecule has 0 unspecified atom stereocenters. The second kappa shape index (κ2) is 9.03. The Balaban J connectivity index is 1.68. The van der Waals surface area contributed by atoms with Gasteiger partial charge in [-0.05, 0) is 43.7 Å². The minimum Gasteiger partial charge on any atom is -0.315 e. The molecule has 6 nitrogen and oxygen atoms in total. The quantitative estimate of drug-likeness (QED) is 0.303. The third kappa shape index (κ3) is 4.28. The maximum Gasteiger partial charge on any atom is 0.211 e. The van der Waals surface area contributed by atoms with Crippen molar-refractivity contribution in [1.82, 2.24) is 14.3 Å². The SMILES string of the molecule is CCn1c(-c2ccc(Br)cc2)csc1=NN=C(C)c1nn(-c2ccccc2)c(=N)s1. The van der Waals surface area contributed by atoms with E-state index in [2.05, 4.69) is 60.2 Å².